The molecule has 138 valence electrons. The Morgan fingerprint density at radius 1 is 1.15 bits per heavy atom. The van der Waals surface area contributed by atoms with Gasteiger partial charge in [0.25, 0.3) is 5.91 Å². The van der Waals surface area contributed by atoms with Crippen molar-refractivity contribution < 1.29 is 19.1 Å². The number of para-hydroxylation sites is 1. The third-order valence-corrected chi connectivity index (χ3v) is 3.61. The summed E-state index contributed by atoms with van der Waals surface area (Å²) in [6.07, 6.45) is -1.06. The number of esters is 1. The first kappa shape index (κ1) is 19.5. The lowest BCUT2D eigenvalue weighted by atomic mass is 10.1. The number of benzene rings is 2. The minimum atomic E-state index is -1.06. The van der Waals surface area contributed by atoms with Gasteiger partial charge in [-0.15, -0.1) is 0 Å². The second kappa shape index (κ2) is 9.01. The Morgan fingerprint density at radius 3 is 2.44 bits per heavy atom. The summed E-state index contributed by atoms with van der Waals surface area (Å²) in [6.45, 7) is 1.68. The summed E-state index contributed by atoms with van der Waals surface area (Å²) < 4.78 is 5.16. The van der Waals surface area contributed by atoms with Crippen molar-refractivity contribution in [1.82, 2.24) is 5.32 Å². The SMILES string of the molecule is C[C@@H](OC(=O)c1ccc(CNC(N)=O)cc1)C(=O)Nc1ccccc1C#N. The molecule has 0 aliphatic carbocycles. The number of anilines is 1. The van der Waals surface area contributed by atoms with Gasteiger partial charge in [0, 0.05) is 6.54 Å². The molecule has 2 aromatic rings. The van der Waals surface area contributed by atoms with Crippen LogP contribution in [0.25, 0.3) is 0 Å². The number of amides is 3. The molecular formula is C19H18N4O4. The van der Waals surface area contributed by atoms with Crippen molar-refractivity contribution in [2.24, 2.45) is 5.73 Å². The zero-order valence-corrected chi connectivity index (χ0v) is 14.6. The van der Waals surface area contributed by atoms with E-state index in [9.17, 15) is 14.4 Å². The molecule has 8 nitrogen and oxygen atoms in total. The fourth-order valence-corrected chi connectivity index (χ4v) is 2.15. The number of carbonyl (C=O) groups is 3. The largest absolute Gasteiger partial charge is 0.449 e. The number of hydrogen-bond acceptors (Lipinski definition) is 5. The van der Waals surface area contributed by atoms with Crippen LogP contribution in [0.15, 0.2) is 48.5 Å². The standard InChI is InChI=1S/C19H18N4O4/c1-12(17(24)23-16-5-3-2-4-15(16)10-20)27-18(25)14-8-6-13(7-9-14)11-22-19(21)26/h2-9,12H,11H2,1H3,(H,23,24)(H3,21,22,26)/t12-/m1/s1. The van der Waals surface area contributed by atoms with Gasteiger partial charge in [0.05, 0.1) is 16.8 Å². The highest BCUT2D eigenvalue weighted by Gasteiger charge is 2.20. The average molecular weight is 366 g/mol. The summed E-state index contributed by atoms with van der Waals surface area (Å²) in [6, 6.07) is 14.2. The lowest BCUT2D eigenvalue weighted by Gasteiger charge is -2.14. The van der Waals surface area contributed by atoms with Crippen molar-refractivity contribution in [3.63, 3.8) is 0 Å². The molecule has 0 heterocycles. The molecule has 1 atom stereocenters. The number of rotatable bonds is 6. The van der Waals surface area contributed by atoms with Gasteiger partial charge in [0.2, 0.25) is 0 Å². The third kappa shape index (κ3) is 5.57. The minimum Gasteiger partial charge on any atom is -0.449 e. The predicted molar refractivity (Wildman–Crippen MR) is 97.5 cm³/mol. The summed E-state index contributed by atoms with van der Waals surface area (Å²) in [5.74, 6) is -1.21. The van der Waals surface area contributed by atoms with Gasteiger partial charge >= 0.3 is 12.0 Å². The average Bonchev–Trinajstić information content (AvgIpc) is 2.67. The van der Waals surface area contributed by atoms with Crippen molar-refractivity contribution in [2.45, 2.75) is 19.6 Å². The van der Waals surface area contributed by atoms with Gasteiger partial charge in [0.15, 0.2) is 6.10 Å². The number of carbonyl (C=O) groups excluding carboxylic acids is 3. The lowest BCUT2D eigenvalue weighted by Crippen LogP contribution is -2.30. The number of nitrogens with one attached hydrogen (secondary N) is 2. The van der Waals surface area contributed by atoms with Crippen molar-refractivity contribution in [2.75, 3.05) is 5.32 Å². The highest BCUT2D eigenvalue weighted by atomic mass is 16.5. The van der Waals surface area contributed by atoms with E-state index in [4.69, 9.17) is 15.7 Å². The Hall–Kier alpha value is -3.86. The molecule has 3 amide bonds. The monoisotopic (exact) mass is 366 g/mol. The third-order valence-electron chi connectivity index (χ3n) is 3.61. The van der Waals surface area contributed by atoms with Crippen LogP contribution >= 0.6 is 0 Å². The molecule has 0 spiro atoms. The quantitative estimate of drug-likeness (QED) is 0.671. The number of urea groups is 1. The van der Waals surface area contributed by atoms with Crippen LogP contribution in [0, 0.1) is 11.3 Å². The highest BCUT2D eigenvalue weighted by Crippen LogP contribution is 2.15. The predicted octanol–water partition coefficient (Wildman–Crippen LogP) is 1.91. The maximum Gasteiger partial charge on any atom is 0.338 e. The Balaban J connectivity index is 1.95. The van der Waals surface area contributed by atoms with Crippen molar-refractivity contribution >= 4 is 23.6 Å². The summed E-state index contributed by atoms with van der Waals surface area (Å²) in [5, 5.41) is 14.0. The van der Waals surface area contributed by atoms with Gasteiger partial charge in [-0.05, 0) is 36.8 Å². The van der Waals surface area contributed by atoms with Crippen LogP contribution in [0.3, 0.4) is 0 Å². The van der Waals surface area contributed by atoms with Gasteiger partial charge in [-0.3, -0.25) is 4.79 Å². The molecule has 0 saturated carbocycles. The Morgan fingerprint density at radius 2 is 1.81 bits per heavy atom. The number of nitrogens with two attached hydrogens (primary N) is 1. The molecule has 8 heteroatoms. The molecule has 0 fully saturated rings. The molecule has 0 aromatic heterocycles. The van der Waals surface area contributed by atoms with E-state index in [-0.39, 0.29) is 12.1 Å². The summed E-state index contributed by atoms with van der Waals surface area (Å²) in [4.78, 5) is 35.1. The van der Waals surface area contributed by atoms with Gasteiger partial charge in [-0.2, -0.15) is 5.26 Å². The fraction of sp³-hybridized carbons (Fsp3) is 0.158. The van der Waals surface area contributed by atoms with Crippen LogP contribution < -0.4 is 16.4 Å². The number of nitriles is 1. The Bertz CT molecular complexity index is 887. The van der Waals surface area contributed by atoms with Crippen molar-refractivity contribution in [1.29, 1.82) is 5.26 Å². The molecule has 0 aliphatic rings. The van der Waals surface area contributed by atoms with Crippen LogP contribution in [0.2, 0.25) is 0 Å². The summed E-state index contributed by atoms with van der Waals surface area (Å²) in [5.41, 5.74) is 6.66. The first-order chi connectivity index (χ1) is 12.9. The molecule has 2 aromatic carbocycles. The second-order valence-corrected chi connectivity index (χ2v) is 5.61. The van der Waals surface area contributed by atoms with E-state index in [0.717, 1.165) is 5.56 Å². The van der Waals surface area contributed by atoms with Crippen molar-refractivity contribution in [3.8, 4) is 6.07 Å². The Kier molecular flexibility index (Phi) is 6.49. The topological polar surface area (TPSA) is 134 Å². The maximum absolute atomic E-state index is 12.2. The van der Waals surface area contributed by atoms with Crippen LogP contribution in [0.4, 0.5) is 10.5 Å². The first-order valence-corrected chi connectivity index (χ1v) is 8.04. The van der Waals surface area contributed by atoms with Crippen molar-refractivity contribution in [3.05, 3.63) is 65.2 Å². The molecule has 2 rings (SSSR count). The molecule has 0 radical (unpaired) electrons. The van der Waals surface area contributed by atoms with Gasteiger partial charge in [0.1, 0.15) is 6.07 Å². The van der Waals surface area contributed by atoms with E-state index in [1.165, 1.54) is 19.1 Å². The van der Waals surface area contributed by atoms with E-state index < -0.39 is 24.0 Å². The van der Waals surface area contributed by atoms with E-state index in [1.54, 1.807) is 36.4 Å². The first-order valence-electron chi connectivity index (χ1n) is 8.04. The van der Waals surface area contributed by atoms with Gasteiger partial charge in [-0.1, -0.05) is 24.3 Å². The molecule has 4 N–H and O–H groups in total. The zero-order valence-electron chi connectivity index (χ0n) is 14.6. The molecular weight excluding hydrogens is 348 g/mol. The van der Waals surface area contributed by atoms with E-state index in [2.05, 4.69) is 10.6 Å². The highest BCUT2D eigenvalue weighted by molar-refractivity contribution is 5.98. The fourth-order valence-electron chi connectivity index (χ4n) is 2.15. The second-order valence-electron chi connectivity index (χ2n) is 5.61. The van der Waals surface area contributed by atoms with Crippen LogP contribution in [0.1, 0.15) is 28.4 Å². The van der Waals surface area contributed by atoms with Gasteiger partial charge in [-0.25, -0.2) is 9.59 Å². The van der Waals surface area contributed by atoms with E-state index >= 15 is 0 Å². The van der Waals surface area contributed by atoms with Crippen LogP contribution in [-0.4, -0.2) is 24.0 Å². The van der Waals surface area contributed by atoms with E-state index in [1.807, 2.05) is 6.07 Å². The maximum atomic E-state index is 12.2. The smallest absolute Gasteiger partial charge is 0.338 e. The number of hydrogen-bond donors (Lipinski definition) is 3. The normalized spacial score (nSPS) is 11.0. The number of nitrogens with zero attached hydrogens (tertiary/aromatic N) is 1. The molecule has 0 bridgehead atoms. The lowest BCUT2D eigenvalue weighted by molar-refractivity contribution is -0.123. The molecule has 0 aliphatic heterocycles. The Labute approximate surface area is 155 Å². The van der Waals surface area contributed by atoms with Gasteiger partial charge < -0.3 is 21.1 Å². The zero-order chi connectivity index (χ0) is 19.8. The van der Waals surface area contributed by atoms with E-state index in [0.29, 0.717) is 11.3 Å². The number of ether oxygens (including phenoxy) is 1. The van der Waals surface area contributed by atoms with Crippen LogP contribution in [0.5, 0.6) is 0 Å². The summed E-state index contributed by atoms with van der Waals surface area (Å²) >= 11 is 0. The minimum absolute atomic E-state index is 0.238. The molecule has 0 saturated heterocycles. The molecule has 0 unspecified atom stereocenters. The molecule has 27 heavy (non-hydrogen) atoms. The summed E-state index contributed by atoms with van der Waals surface area (Å²) in [7, 11) is 0. The number of primary amides is 1. The van der Waals surface area contributed by atoms with Crippen LogP contribution in [-0.2, 0) is 16.1 Å².